The van der Waals surface area contributed by atoms with Crippen molar-refractivity contribution in [2.75, 3.05) is 40.9 Å². The summed E-state index contributed by atoms with van der Waals surface area (Å²) in [5.41, 5.74) is 4.77. The van der Waals surface area contributed by atoms with E-state index in [1.807, 2.05) is 4.90 Å². The smallest absolute Gasteiger partial charge is 0.269 e. The van der Waals surface area contributed by atoms with E-state index in [0.717, 1.165) is 80.3 Å². The fourth-order valence-electron chi connectivity index (χ4n) is 5.27. The zero-order valence-corrected chi connectivity index (χ0v) is 24.8. The largest absolute Gasteiger partial charge is 0.371 e. The highest BCUT2D eigenvalue weighted by molar-refractivity contribution is 5.85. The van der Waals surface area contributed by atoms with Crippen molar-refractivity contribution in [3.05, 3.63) is 87.0 Å². The van der Waals surface area contributed by atoms with Crippen molar-refractivity contribution in [1.29, 1.82) is 0 Å². The van der Waals surface area contributed by atoms with Crippen molar-refractivity contribution in [3.63, 3.8) is 0 Å². The van der Waals surface area contributed by atoms with Gasteiger partial charge in [-0.25, -0.2) is 0 Å². The molecule has 5 rings (SSSR count). The van der Waals surface area contributed by atoms with Crippen LogP contribution in [0.15, 0.2) is 66.7 Å². The van der Waals surface area contributed by atoms with Gasteiger partial charge in [-0.05, 0) is 81.0 Å². The number of hydrogen-bond acceptors (Lipinski definition) is 11. The first-order valence-corrected chi connectivity index (χ1v) is 12.9. The zero-order valence-electron chi connectivity index (χ0n) is 24.0. The van der Waals surface area contributed by atoms with Gasteiger partial charge in [0, 0.05) is 78.9 Å². The molecule has 0 radical (unpaired) electrons. The van der Waals surface area contributed by atoms with Crippen molar-refractivity contribution in [3.8, 4) is 0 Å². The van der Waals surface area contributed by atoms with Crippen LogP contribution in [0.4, 0.5) is 39.8 Å². The SMILES string of the molecule is Cl.N.N.N.N.O=[N+]([O-])c1ccc(N(c2ccc([N+](=O)[O-])cc2)c2cc(N3CCCCC3)cc(N3CCCCC3)c2)cc1.[HH].[HH].[HH].[HH]. The summed E-state index contributed by atoms with van der Waals surface area (Å²) < 4.78 is 0. The van der Waals surface area contributed by atoms with E-state index in [-0.39, 0.29) is 54.1 Å². The first-order chi connectivity index (χ1) is 18.0. The second-order valence-corrected chi connectivity index (χ2v) is 9.69. The van der Waals surface area contributed by atoms with Gasteiger partial charge in [0.1, 0.15) is 0 Å². The first-order valence-electron chi connectivity index (χ1n) is 12.9. The average Bonchev–Trinajstić information content (AvgIpc) is 2.94. The number of hydrogen-bond donors (Lipinski definition) is 4. The summed E-state index contributed by atoms with van der Waals surface area (Å²) >= 11 is 0. The van der Waals surface area contributed by atoms with Crippen LogP contribution in [0.1, 0.15) is 44.2 Å². The maximum Gasteiger partial charge on any atom is 0.269 e. The molecule has 3 aromatic rings. The summed E-state index contributed by atoms with van der Waals surface area (Å²) in [5.74, 6) is 0. The van der Waals surface area contributed by atoms with E-state index in [9.17, 15) is 20.2 Å². The minimum absolute atomic E-state index is 0. The van der Waals surface area contributed by atoms with E-state index < -0.39 is 9.85 Å². The molecule has 12 N–H and O–H groups in total. The lowest BCUT2D eigenvalue weighted by Gasteiger charge is -2.35. The summed E-state index contributed by atoms with van der Waals surface area (Å²) in [5, 5.41) is 22.6. The molecular weight excluding hydrogens is 562 g/mol. The van der Waals surface area contributed by atoms with E-state index in [1.165, 1.54) is 37.1 Å². The lowest BCUT2D eigenvalue weighted by molar-refractivity contribution is -0.385. The zero-order chi connectivity index (χ0) is 25.8. The van der Waals surface area contributed by atoms with E-state index >= 15 is 0 Å². The third-order valence-electron chi connectivity index (χ3n) is 7.23. The molecule has 0 unspecified atom stereocenters. The maximum atomic E-state index is 11.3. The van der Waals surface area contributed by atoms with Crippen molar-refractivity contribution >= 4 is 52.2 Å². The number of halogens is 1. The molecule has 14 heteroatoms. The highest BCUT2D eigenvalue weighted by Crippen LogP contribution is 2.40. The topological polar surface area (TPSA) is 236 Å². The molecule has 2 aliphatic rings. The quantitative estimate of drug-likeness (QED) is 0.145. The monoisotopic (exact) mass is 613 g/mol. The van der Waals surface area contributed by atoms with E-state index in [0.29, 0.717) is 0 Å². The summed E-state index contributed by atoms with van der Waals surface area (Å²) in [7, 11) is 0. The van der Waals surface area contributed by atoms with Crippen LogP contribution in [0, 0.1) is 20.2 Å². The molecule has 0 spiro atoms. The molecule has 0 atom stereocenters. The van der Waals surface area contributed by atoms with E-state index in [2.05, 4.69) is 28.0 Å². The van der Waals surface area contributed by atoms with Gasteiger partial charge in [0.05, 0.1) is 15.5 Å². The number of benzene rings is 3. The number of piperidine rings is 2. The normalized spacial score (nSPS) is 14.0. The molecule has 0 amide bonds. The Hall–Kier alpha value is -4.01. The Kier molecular flexibility index (Phi) is 15.4. The second kappa shape index (κ2) is 17.1. The fourth-order valence-corrected chi connectivity index (χ4v) is 5.27. The molecule has 3 aromatic carbocycles. The Bertz CT molecular complexity index is 1190. The van der Waals surface area contributed by atoms with Crippen molar-refractivity contribution in [1.82, 2.24) is 24.6 Å². The minimum Gasteiger partial charge on any atom is -0.371 e. The Labute approximate surface area is 258 Å². The summed E-state index contributed by atoms with van der Waals surface area (Å²) in [4.78, 5) is 28.6. The van der Waals surface area contributed by atoms with Crippen LogP contribution in [0.3, 0.4) is 0 Å². The predicted octanol–water partition coefficient (Wildman–Crippen LogP) is 9.01. The van der Waals surface area contributed by atoms with Crippen molar-refractivity contribution < 1.29 is 15.6 Å². The molecule has 0 bridgehead atoms. The number of anilines is 5. The number of nitro groups is 2. The number of non-ortho nitro benzene ring substituents is 2. The number of rotatable bonds is 7. The van der Waals surface area contributed by atoms with Crippen LogP contribution < -0.4 is 39.3 Å². The van der Waals surface area contributed by atoms with Gasteiger partial charge < -0.3 is 39.3 Å². The third-order valence-corrected chi connectivity index (χ3v) is 7.23. The van der Waals surface area contributed by atoms with Crippen LogP contribution in [0.25, 0.3) is 0 Å². The average molecular weight is 614 g/mol. The molecule has 0 aromatic heterocycles. The van der Waals surface area contributed by atoms with Gasteiger partial charge in [-0.3, -0.25) is 20.2 Å². The van der Waals surface area contributed by atoms with Crippen LogP contribution in [0.2, 0.25) is 0 Å². The van der Waals surface area contributed by atoms with Crippen LogP contribution in [0.5, 0.6) is 0 Å². The molecule has 2 aliphatic heterocycles. The molecule has 2 heterocycles. The van der Waals surface area contributed by atoms with Crippen LogP contribution in [-0.4, -0.2) is 36.0 Å². The molecule has 0 aliphatic carbocycles. The van der Waals surface area contributed by atoms with Gasteiger partial charge in [0.2, 0.25) is 0 Å². The Balaban J connectivity index is -0.000000623. The Morgan fingerprint density at radius 2 is 0.881 bits per heavy atom. The summed E-state index contributed by atoms with van der Waals surface area (Å²) in [6, 6.07) is 19.5. The van der Waals surface area contributed by atoms with Gasteiger partial charge in [-0.1, -0.05) is 0 Å². The highest BCUT2D eigenvalue weighted by atomic mass is 35.5. The minimum atomic E-state index is -0.411. The molecule has 0 saturated carbocycles. The number of nitrogens with zero attached hydrogens (tertiary/aromatic N) is 5. The molecule has 2 fully saturated rings. The van der Waals surface area contributed by atoms with Gasteiger partial charge in [-0.15, -0.1) is 12.4 Å². The standard InChI is InChI=1S/C28H31N5O4.ClH.4H3N.4H2/c34-32(35)24-11-7-22(8-12-24)31(23-9-13-25(14-10-23)33(36)37)28-20-26(29-15-3-1-4-16-29)19-27(21-28)30-17-5-2-6-18-30;;;;;;;;;/h7-14,19-21H,1-6,15-18H2;1H;4*1H3;4*1H. The fraction of sp³-hybridized carbons (Fsp3) is 0.357. The Morgan fingerprint density at radius 3 is 1.19 bits per heavy atom. The highest BCUT2D eigenvalue weighted by Gasteiger charge is 2.21. The Morgan fingerprint density at radius 1 is 0.548 bits per heavy atom. The lowest BCUT2D eigenvalue weighted by atomic mass is 10.1. The van der Waals surface area contributed by atoms with Gasteiger partial charge in [-0.2, -0.15) is 0 Å². The molecule has 2 saturated heterocycles. The van der Waals surface area contributed by atoms with Gasteiger partial charge >= 0.3 is 0 Å². The van der Waals surface area contributed by atoms with Gasteiger partial charge in [0.25, 0.3) is 11.4 Å². The summed E-state index contributed by atoms with van der Waals surface area (Å²) in [6.45, 7) is 4.05. The molecular formula is C28H52ClN9O4. The second-order valence-electron chi connectivity index (χ2n) is 9.69. The molecule has 42 heavy (non-hydrogen) atoms. The lowest BCUT2D eigenvalue weighted by Crippen LogP contribution is -2.31. The van der Waals surface area contributed by atoms with Crippen LogP contribution in [-0.2, 0) is 0 Å². The van der Waals surface area contributed by atoms with Crippen molar-refractivity contribution in [2.45, 2.75) is 38.5 Å². The van der Waals surface area contributed by atoms with E-state index in [4.69, 9.17) is 0 Å². The predicted molar refractivity (Wildman–Crippen MR) is 182 cm³/mol. The molecule has 13 nitrogen and oxygen atoms in total. The van der Waals surface area contributed by atoms with Crippen LogP contribution >= 0.6 is 12.4 Å². The summed E-state index contributed by atoms with van der Waals surface area (Å²) in [6.07, 6.45) is 7.14. The van der Waals surface area contributed by atoms with Crippen molar-refractivity contribution in [2.24, 2.45) is 0 Å². The van der Waals surface area contributed by atoms with E-state index in [1.54, 1.807) is 24.3 Å². The third kappa shape index (κ3) is 8.50. The maximum absolute atomic E-state index is 11.3. The number of nitro benzene ring substituents is 2. The molecule has 240 valence electrons. The van der Waals surface area contributed by atoms with Gasteiger partial charge in [0.15, 0.2) is 0 Å². The first kappa shape index (κ1) is 38.0.